The lowest BCUT2D eigenvalue weighted by Crippen LogP contribution is -2.37. The van der Waals surface area contributed by atoms with Crippen LogP contribution in [0.1, 0.15) is 12.5 Å². The topological polar surface area (TPSA) is 18.5 Å². The zero-order valence-electron chi connectivity index (χ0n) is 8.82. The molecular weight excluding hydrogens is 206 g/mol. The van der Waals surface area contributed by atoms with Crippen molar-refractivity contribution < 1.29 is 0 Å². The summed E-state index contributed by atoms with van der Waals surface area (Å²) in [7, 11) is 2.01. The lowest BCUT2D eigenvalue weighted by Gasteiger charge is -2.18. The van der Waals surface area contributed by atoms with Gasteiger partial charge in [0.2, 0.25) is 0 Å². The van der Waals surface area contributed by atoms with Crippen molar-refractivity contribution in [3.05, 3.63) is 35.0 Å². The Balaban J connectivity index is 2.09. The van der Waals surface area contributed by atoms with Gasteiger partial charge in [-0.2, -0.15) is 0 Å². The lowest BCUT2D eigenvalue weighted by molar-refractivity contribution is 0.358. The fourth-order valence-corrected chi connectivity index (χ4v) is 3.21. The molecule has 0 saturated carbocycles. The number of benzene rings is 1. The first-order valence-corrected chi connectivity index (χ1v) is 5.92. The van der Waals surface area contributed by atoms with Gasteiger partial charge in [-0.15, -0.1) is 5.53 Å². The first kappa shape index (κ1) is 9.12. The summed E-state index contributed by atoms with van der Waals surface area (Å²) in [6.45, 7) is 2.20. The molecule has 0 aromatic heterocycles. The Kier molecular flexibility index (Phi) is 1.94. The van der Waals surface area contributed by atoms with Crippen LogP contribution in [0, 0.1) is 0 Å². The number of nitrogens with zero attached hydrogens (tertiary/aromatic N) is 2. The highest BCUT2D eigenvalue weighted by Crippen LogP contribution is 2.48. The van der Waals surface area contributed by atoms with Gasteiger partial charge in [0.1, 0.15) is 5.03 Å². The van der Waals surface area contributed by atoms with E-state index >= 15 is 0 Å². The highest BCUT2D eigenvalue weighted by Gasteiger charge is 2.31. The Labute approximate surface area is 93.7 Å². The van der Waals surface area contributed by atoms with Gasteiger partial charge in [0.25, 0.3) is 0 Å². The van der Waals surface area contributed by atoms with Gasteiger partial charge < -0.3 is 0 Å². The van der Waals surface area contributed by atoms with Crippen LogP contribution in [-0.2, 0) is 6.42 Å². The largest absolute Gasteiger partial charge is 0.298 e. The molecule has 1 aromatic rings. The molecule has 0 atom stereocenters. The average molecular weight is 219 g/mol. The van der Waals surface area contributed by atoms with Crippen molar-refractivity contribution in [3.63, 3.8) is 0 Å². The number of nitrogens with one attached hydrogen (secondary N) is 1. The monoisotopic (exact) mass is 219 g/mol. The zero-order valence-corrected chi connectivity index (χ0v) is 9.64. The Morgan fingerprint density at radius 2 is 2.27 bits per heavy atom. The summed E-state index contributed by atoms with van der Waals surface area (Å²) in [5.74, 6) is 0. The molecule has 0 saturated heterocycles. The molecule has 0 spiro atoms. The summed E-state index contributed by atoms with van der Waals surface area (Å²) in [6, 6.07) is 6.49. The van der Waals surface area contributed by atoms with Gasteiger partial charge in [0.05, 0.1) is 5.69 Å². The second kappa shape index (κ2) is 3.18. The van der Waals surface area contributed by atoms with Gasteiger partial charge in [0, 0.05) is 18.1 Å². The summed E-state index contributed by atoms with van der Waals surface area (Å²) < 4.78 is 0. The van der Waals surface area contributed by atoms with Crippen LogP contribution in [0.3, 0.4) is 0 Å². The predicted octanol–water partition coefficient (Wildman–Crippen LogP) is 2.32. The normalized spacial score (nSPS) is 17.9. The number of hydrazine groups is 2. The summed E-state index contributed by atoms with van der Waals surface area (Å²) >= 11 is 1.84. The van der Waals surface area contributed by atoms with Crippen molar-refractivity contribution in [2.24, 2.45) is 0 Å². The van der Waals surface area contributed by atoms with Crippen LogP contribution in [0.5, 0.6) is 0 Å². The fourth-order valence-electron chi connectivity index (χ4n) is 1.95. The first-order valence-electron chi connectivity index (χ1n) is 5.10. The maximum Gasteiger partial charge on any atom is 0.115 e. The molecule has 3 rings (SSSR count). The Bertz CT molecular complexity index is 441. The van der Waals surface area contributed by atoms with E-state index in [0.29, 0.717) is 0 Å². The van der Waals surface area contributed by atoms with Gasteiger partial charge in [-0.3, -0.25) is 5.01 Å². The van der Waals surface area contributed by atoms with E-state index in [9.17, 15) is 0 Å². The van der Waals surface area contributed by atoms with E-state index in [1.165, 1.54) is 21.2 Å². The molecule has 2 aliphatic rings. The first-order chi connectivity index (χ1) is 7.29. The van der Waals surface area contributed by atoms with Crippen LogP contribution in [0.15, 0.2) is 34.3 Å². The number of fused-ring (bicyclic) bond motifs is 3. The van der Waals surface area contributed by atoms with Gasteiger partial charge in [-0.1, -0.05) is 30.8 Å². The van der Waals surface area contributed by atoms with E-state index < -0.39 is 0 Å². The third-order valence-corrected chi connectivity index (χ3v) is 3.86. The molecule has 0 fully saturated rings. The maximum atomic E-state index is 3.28. The molecule has 4 heteroatoms. The molecule has 15 heavy (non-hydrogen) atoms. The van der Waals surface area contributed by atoms with Crippen LogP contribution in [-0.4, -0.2) is 12.1 Å². The molecule has 78 valence electrons. The minimum atomic E-state index is 1.09. The molecule has 0 radical (unpaired) electrons. The van der Waals surface area contributed by atoms with Crippen molar-refractivity contribution >= 4 is 17.4 Å². The Morgan fingerprint density at radius 1 is 1.40 bits per heavy atom. The summed E-state index contributed by atoms with van der Waals surface area (Å²) in [5, 5.41) is 5.37. The molecule has 0 bridgehead atoms. The second-order valence-electron chi connectivity index (χ2n) is 3.73. The van der Waals surface area contributed by atoms with Gasteiger partial charge in [-0.25, -0.2) is 5.01 Å². The molecule has 0 unspecified atom stereocenters. The number of rotatable bonds is 1. The van der Waals surface area contributed by atoms with Crippen molar-refractivity contribution in [3.8, 4) is 0 Å². The van der Waals surface area contributed by atoms with E-state index in [1.54, 1.807) is 0 Å². The quantitative estimate of drug-likeness (QED) is 0.781. The average Bonchev–Trinajstić information content (AvgIpc) is 2.73. The smallest absolute Gasteiger partial charge is 0.115 e. The molecule has 0 aliphatic carbocycles. The second-order valence-corrected chi connectivity index (χ2v) is 4.77. The molecule has 0 amide bonds. The van der Waals surface area contributed by atoms with Crippen LogP contribution < -0.4 is 10.5 Å². The minimum absolute atomic E-state index is 1.09. The van der Waals surface area contributed by atoms with Crippen molar-refractivity contribution in [1.29, 1.82) is 0 Å². The van der Waals surface area contributed by atoms with Crippen molar-refractivity contribution in [1.82, 2.24) is 10.5 Å². The van der Waals surface area contributed by atoms with Gasteiger partial charge >= 0.3 is 0 Å². The number of hydrogen-bond acceptors (Lipinski definition) is 4. The number of anilines is 1. The van der Waals surface area contributed by atoms with E-state index in [2.05, 4.69) is 41.9 Å². The number of thioether (sulfide) groups is 1. The zero-order chi connectivity index (χ0) is 10.4. The Hall–Kier alpha value is -1.13. The SMILES string of the molecule is CCc1cccc2c1SC1=CN(C)NN12. The van der Waals surface area contributed by atoms with Crippen LogP contribution in [0.25, 0.3) is 0 Å². The minimum Gasteiger partial charge on any atom is -0.298 e. The fraction of sp³-hybridized carbons (Fsp3) is 0.273. The van der Waals surface area contributed by atoms with Crippen molar-refractivity contribution in [2.45, 2.75) is 18.2 Å². The molecule has 1 N–H and O–H groups in total. The van der Waals surface area contributed by atoms with E-state index in [-0.39, 0.29) is 0 Å². The number of aryl methyl sites for hydroxylation is 1. The van der Waals surface area contributed by atoms with E-state index in [4.69, 9.17) is 0 Å². The van der Waals surface area contributed by atoms with Crippen LogP contribution in [0.2, 0.25) is 0 Å². The molecule has 1 aromatic carbocycles. The van der Waals surface area contributed by atoms with E-state index in [1.807, 2.05) is 23.8 Å². The molecular formula is C11H13N3S. The summed E-state index contributed by atoms with van der Waals surface area (Å²) in [4.78, 5) is 1.40. The van der Waals surface area contributed by atoms with Crippen molar-refractivity contribution in [2.75, 3.05) is 12.1 Å². The predicted molar refractivity (Wildman–Crippen MR) is 63.1 cm³/mol. The molecule has 3 nitrogen and oxygen atoms in total. The Morgan fingerprint density at radius 3 is 3.07 bits per heavy atom. The van der Waals surface area contributed by atoms with Gasteiger partial charge in [0.15, 0.2) is 0 Å². The number of hydrogen-bond donors (Lipinski definition) is 1. The molecule has 2 heterocycles. The summed E-state index contributed by atoms with van der Waals surface area (Å²) in [5.41, 5.74) is 5.98. The molecule has 2 aliphatic heterocycles. The van der Waals surface area contributed by atoms with Crippen LogP contribution >= 0.6 is 11.8 Å². The maximum absolute atomic E-state index is 3.28. The standard InChI is InChI=1S/C11H13N3S/c1-3-8-5-4-6-9-11(8)15-10-7-13(2)12-14(9)10/h4-7,12H,3H2,1-2H3. The lowest BCUT2D eigenvalue weighted by atomic mass is 10.1. The third kappa shape index (κ3) is 1.25. The van der Waals surface area contributed by atoms with E-state index in [0.717, 1.165) is 6.42 Å². The third-order valence-electron chi connectivity index (χ3n) is 2.69. The highest BCUT2D eigenvalue weighted by atomic mass is 32.2. The van der Waals surface area contributed by atoms with Gasteiger partial charge in [-0.05, 0) is 18.1 Å². The van der Waals surface area contributed by atoms with Crippen LogP contribution in [0.4, 0.5) is 5.69 Å². The highest BCUT2D eigenvalue weighted by molar-refractivity contribution is 8.03. The summed E-state index contributed by atoms with van der Waals surface area (Å²) in [6.07, 6.45) is 3.21.